The maximum atomic E-state index is 12.0. The lowest BCUT2D eigenvalue weighted by Gasteiger charge is -2.28. The molecule has 106 valence electrons. The molecular formula is C13H19Cl2N3O. The molecule has 0 aliphatic carbocycles. The van der Waals surface area contributed by atoms with Crippen molar-refractivity contribution in [3.63, 3.8) is 0 Å². The maximum Gasteiger partial charge on any atom is 0.271 e. The summed E-state index contributed by atoms with van der Waals surface area (Å²) in [5.41, 5.74) is 0.124. The summed E-state index contributed by atoms with van der Waals surface area (Å²) in [4.78, 5) is 18.0. The Balaban J connectivity index is 2.68. The van der Waals surface area contributed by atoms with Crippen molar-refractivity contribution in [2.24, 2.45) is 5.41 Å². The van der Waals surface area contributed by atoms with Gasteiger partial charge in [0.15, 0.2) is 0 Å². The van der Waals surface area contributed by atoms with Crippen LogP contribution in [0, 0.1) is 5.41 Å². The molecule has 1 aromatic heterocycles. The minimum atomic E-state index is -0.306. The number of nitrogens with zero attached hydrogens (tertiary/aromatic N) is 2. The average Bonchev–Trinajstić information content (AvgIpc) is 2.27. The quantitative estimate of drug-likeness (QED) is 0.851. The van der Waals surface area contributed by atoms with Crippen LogP contribution in [-0.4, -0.2) is 43.0 Å². The Labute approximate surface area is 124 Å². The fourth-order valence-corrected chi connectivity index (χ4v) is 2.23. The molecule has 0 unspecified atom stereocenters. The van der Waals surface area contributed by atoms with Gasteiger partial charge < -0.3 is 10.2 Å². The van der Waals surface area contributed by atoms with Gasteiger partial charge in [-0.3, -0.25) is 4.79 Å². The molecule has 0 saturated carbocycles. The van der Waals surface area contributed by atoms with Gasteiger partial charge in [0.25, 0.3) is 5.91 Å². The van der Waals surface area contributed by atoms with Gasteiger partial charge in [0.1, 0.15) is 10.8 Å². The molecule has 0 aromatic carbocycles. The largest absolute Gasteiger partial charge is 0.350 e. The summed E-state index contributed by atoms with van der Waals surface area (Å²) in [6.45, 7) is 5.57. The zero-order chi connectivity index (χ0) is 14.6. The Bertz CT molecular complexity index is 461. The van der Waals surface area contributed by atoms with E-state index in [0.717, 1.165) is 6.54 Å². The number of rotatable bonds is 5. The monoisotopic (exact) mass is 303 g/mol. The molecule has 0 aliphatic heterocycles. The first-order chi connectivity index (χ1) is 8.71. The molecule has 1 rings (SSSR count). The summed E-state index contributed by atoms with van der Waals surface area (Å²) in [5.74, 6) is -0.306. The second-order valence-corrected chi connectivity index (χ2v) is 6.34. The minimum absolute atomic E-state index is 0.0375. The van der Waals surface area contributed by atoms with Crippen LogP contribution in [0.1, 0.15) is 24.3 Å². The van der Waals surface area contributed by atoms with E-state index in [1.165, 1.54) is 0 Å². The van der Waals surface area contributed by atoms with Crippen LogP contribution in [0.25, 0.3) is 0 Å². The number of pyridine rings is 1. The van der Waals surface area contributed by atoms with Crippen molar-refractivity contribution >= 4 is 29.1 Å². The number of carbonyl (C=O) groups is 1. The van der Waals surface area contributed by atoms with E-state index in [2.05, 4.69) is 29.0 Å². The normalized spacial score (nSPS) is 11.7. The highest BCUT2D eigenvalue weighted by Gasteiger charge is 2.21. The summed E-state index contributed by atoms with van der Waals surface area (Å²) in [5, 5.41) is 3.39. The lowest BCUT2D eigenvalue weighted by molar-refractivity contribution is 0.0924. The van der Waals surface area contributed by atoms with E-state index in [0.29, 0.717) is 11.6 Å². The number of amides is 1. The third kappa shape index (κ3) is 5.35. The molecular weight excluding hydrogens is 285 g/mol. The van der Waals surface area contributed by atoms with E-state index >= 15 is 0 Å². The summed E-state index contributed by atoms with van der Waals surface area (Å²) >= 11 is 11.7. The Morgan fingerprint density at radius 2 is 2.00 bits per heavy atom. The van der Waals surface area contributed by atoms with Crippen LogP contribution >= 0.6 is 23.2 Å². The molecule has 1 amide bonds. The van der Waals surface area contributed by atoms with Crippen molar-refractivity contribution in [2.45, 2.75) is 13.8 Å². The molecule has 1 aromatic rings. The number of hydrogen-bond donors (Lipinski definition) is 1. The van der Waals surface area contributed by atoms with Crippen molar-refractivity contribution in [2.75, 3.05) is 27.2 Å². The highest BCUT2D eigenvalue weighted by molar-refractivity contribution is 6.34. The van der Waals surface area contributed by atoms with E-state index in [4.69, 9.17) is 23.2 Å². The zero-order valence-electron chi connectivity index (χ0n) is 11.6. The molecule has 0 bridgehead atoms. The second-order valence-electron chi connectivity index (χ2n) is 5.55. The van der Waals surface area contributed by atoms with Crippen LogP contribution in [0.5, 0.6) is 0 Å². The van der Waals surface area contributed by atoms with Crippen LogP contribution in [0.2, 0.25) is 10.2 Å². The summed E-state index contributed by atoms with van der Waals surface area (Å²) in [7, 11) is 4.00. The van der Waals surface area contributed by atoms with Crippen LogP contribution in [-0.2, 0) is 0 Å². The predicted octanol–water partition coefficient (Wildman–Crippen LogP) is 2.71. The van der Waals surface area contributed by atoms with Gasteiger partial charge in [0, 0.05) is 13.1 Å². The highest BCUT2D eigenvalue weighted by Crippen LogP contribution is 2.18. The molecule has 0 radical (unpaired) electrons. The van der Waals surface area contributed by atoms with Gasteiger partial charge in [0.05, 0.1) is 5.02 Å². The van der Waals surface area contributed by atoms with Gasteiger partial charge in [-0.1, -0.05) is 37.0 Å². The smallest absolute Gasteiger partial charge is 0.271 e. The summed E-state index contributed by atoms with van der Waals surface area (Å²) in [6, 6.07) is 3.12. The number of nitrogens with one attached hydrogen (secondary N) is 1. The molecule has 4 nitrogen and oxygen atoms in total. The zero-order valence-corrected chi connectivity index (χ0v) is 13.1. The molecule has 6 heteroatoms. The number of hydrogen-bond acceptors (Lipinski definition) is 3. The molecule has 0 fully saturated rings. The molecule has 0 aliphatic rings. The molecule has 0 saturated heterocycles. The Morgan fingerprint density at radius 3 is 2.58 bits per heavy atom. The minimum Gasteiger partial charge on any atom is -0.350 e. The van der Waals surface area contributed by atoms with Crippen molar-refractivity contribution < 1.29 is 4.79 Å². The summed E-state index contributed by atoms with van der Waals surface area (Å²) in [6.07, 6.45) is 0. The Morgan fingerprint density at radius 1 is 1.37 bits per heavy atom. The predicted molar refractivity (Wildman–Crippen MR) is 78.9 cm³/mol. The SMILES string of the molecule is CN(C)CC(C)(C)CNC(=O)c1nc(Cl)ccc1Cl. The maximum absolute atomic E-state index is 12.0. The lowest BCUT2D eigenvalue weighted by atomic mass is 9.93. The molecule has 1 heterocycles. The fraction of sp³-hybridized carbons (Fsp3) is 0.538. The van der Waals surface area contributed by atoms with Crippen molar-refractivity contribution in [3.05, 3.63) is 28.0 Å². The first-order valence-corrected chi connectivity index (χ1v) is 6.72. The van der Waals surface area contributed by atoms with E-state index < -0.39 is 0 Å². The third-order valence-corrected chi connectivity index (χ3v) is 3.01. The molecule has 1 N–H and O–H groups in total. The average molecular weight is 304 g/mol. The van der Waals surface area contributed by atoms with E-state index in [1.807, 2.05) is 14.1 Å². The van der Waals surface area contributed by atoms with Crippen LogP contribution < -0.4 is 5.32 Å². The third-order valence-electron chi connectivity index (χ3n) is 2.50. The van der Waals surface area contributed by atoms with Crippen LogP contribution in [0.4, 0.5) is 0 Å². The number of aromatic nitrogens is 1. The van der Waals surface area contributed by atoms with Crippen molar-refractivity contribution in [1.82, 2.24) is 15.2 Å². The second kappa shape index (κ2) is 6.55. The van der Waals surface area contributed by atoms with Crippen molar-refractivity contribution in [3.8, 4) is 0 Å². The van der Waals surface area contributed by atoms with Gasteiger partial charge in [-0.2, -0.15) is 0 Å². The standard InChI is InChI=1S/C13H19Cl2N3O/c1-13(2,8-18(3)4)7-16-12(19)11-9(14)5-6-10(15)17-11/h5-6H,7-8H2,1-4H3,(H,16,19). The summed E-state index contributed by atoms with van der Waals surface area (Å²) < 4.78 is 0. The number of carbonyl (C=O) groups excluding carboxylic acids is 1. The lowest BCUT2D eigenvalue weighted by Crippen LogP contribution is -2.40. The molecule has 19 heavy (non-hydrogen) atoms. The van der Waals surface area contributed by atoms with Crippen LogP contribution in [0.15, 0.2) is 12.1 Å². The first kappa shape index (κ1) is 16.2. The van der Waals surface area contributed by atoms with Gasteiger partial charge in [-0.15, -0.1) is 0 Å². The highest BCUT2D eigenvalue weighted by atomic mass is 35.5. The van der Waals surface area contributed by atoms with E-state index in [-0.39, 0.29) is 22.2 Å². The van der Waals surface area contributed by atoms with Crippen LogP contribution in [0.3, 0.4) is 0 Å². The van der Waals surface area contributed by atoms with Gasteiger partial charge >= 0.3 is 0 Å². The molecule has 0 atom stereocenters. The van der Waals surface area contributed by atoms with Gasteiger partial charge in [0.2, 0.25) is 0 Å². The first-order valence-electron chi connectivity index (χ1n) is 5.96. The number of halogens is 2. The van der Waals surface area contributed by atoms with Crippen molar-refractivity contribution in [1.29, 1.82) is 0 Å². The van der Waals surface area contributed by atoms with E-state index in [9.17, 15) is 4.79 Å². The van der Waals surface area contributed by atoms with E-state index in [1.54, 1.807) is 12.1 Å². The van der Waals surface area contributed by atoms with Gasteiger partial charge in [-0.05, 0) is 31.6 Å². The fourth-order valence-electron chi connectivity index (χ4n) is 1.89. The molecule has 0 spiro atoms. The van der Waals surface area contributed by atoms with Gasteiger partial charge in [-0.25, -0.2) is 4.98 Å². The Kier molecular flexibility index (Phi) is 5.59. The topological polar surface area (TPSA) is 45.2 Å². The Hall–Kier alpha value is -0.840.